The summed E-state index contributed by atoms with van der Waals surface area (Å²) >= 11 is 6.00. The number of ether oxygens (including phenoxy) is 1. The van der Waals surface area contributed by atoms with Crippen molar-refractivity contribution < 1.29 is 19.1 Å². The number of nitrogens with zero attached hydrogens (tertiary/aromatic N) is 1. The van der Waals surface area contributed by atoms with Crippen LogP contribution in [0.15, 0.2) is 53.6 Å². The van der Waals surface area contributed by atoms with E-state index in [9.17, 15) is 14.4 Å². The molecule has 0 radical (unpaired) electrons. The van der Waals surface area contributed by atoms with Crippen molar-refractivity contribution in [3.05, 3.63) is 59.1 Å². The van der Waals surface area contributed by atoms with Gasteiger partial charge in [-0.05, 0) is 47.9 Å². The van der Waals surface area contributed by atoms with Crippen LogP contribution in [-0.2, 0) is 14.4 Å². The molecule has 0 bridgehead atoms. The molecule has 0 heterocycles. The van der Waals surface area contributed by atoms with E-state index in [2.05, 4.69) is 21.2 Å². The molecule has 3 N–H and O–H groups in total. The third-order valence-electron chi connectivity index (χ3n) is 3.83. The van der Waals surface area contributed by atoms with Crippen LogP contribution in [-0.4, -0.2) is 37.1 Å². The maximum Gasteiger partial charge on any atom is 0.262 e. The van der Waals surface area contributed by atoms with Gasteiger partial charge < -0.3 is 15.4 Å². The Balaban J connectivity index is 1.73. The maximum atomic E-state index is 12.0. The minimum Gasteiger partial charge on any atom is -0.484 e. The number of carbonyl (C=O) groups is 3. The summed E-state index contributed by atoms with van der Waals surface area (Å²) in [6.07, 6.45) is 1.16. The van der Waals surface area contributed by atoms with Crippen LogP contribution in [0.25, 0.3) is 0 Å². The first-order chi connectivity index (χ1) is 14.8. The van der Waals surface area contributed by atoms with Crippen LogP contribution in [0.1, 0.15) is 25.8 Å². The molecular weight excluding hydrogens is 420 g/mol. The van der Waals surface area contributed by atoms with Gasteiger partial charge in [0.1, 0.15) is 12.2 Å². The Labute approximate surface area is 186 Å². The van der Waals surface area contributed by atoms with Crippen LogP contribution in [0.3, 0.4) is 0 Å². The molecule has 2 aromatic carbocycles. The predicted octanol–water partition coefficient (Wildman–Crippen LogP) is 2.97. The molecule has 0 spiro atoms. The van der Waals surface area contributed by atoms with Gasteiger partial charge in [-0.2, -0.15) is 5.10 Å². The van der Waals surface area contributed by atoms with E-state index in [1.54, 1.807) is 48.5 Å². The average Bonchev–Trinajstić information content (AvgIpc) is 2.73. The Bertz CT molecular complexity index is 929. The van der Waals surface area contributed by atoms with Crippen molar-refractivity contribution in [1.82, 2.24) is 10.7 Å². The summed E-state index contributed by atoms with van der Waals surface area (Å²) in [5.74, 6) is -0.367. The molecule has 0 aliphatic rings. The van der Waals surface area contributed by atoms with E-state index < -0.39 is 5.91 Å². The standard InChI is InChI=1S/C22H25ClN4O4/c1-15(2)12-24-20(28)11-21(29)27-25-13-16-7-9-17(10-8-16)31-14-22(30)26-19-6-4-3-5-18(19)23/h3-10,13,15H,11-12,14H2,1-2H3,(H,24,28)(H,26,30)(H,27,29)/b25-13+. The van der Waals surface area contributed by atoms with Crippen molar-refractivity contribution in [3.63, 3.8) is 0 Å². The number of hydrogen-bond acceptors (Lipinski definition) is 5. The molecule has 0 unspecified atom stereocenters. The fourth-order valence-corrected chi connectivity index (χ4v) is 2.48. The molecule has 0 aromatic heterocycles. The molecule has 9 heteroatoms. The number of nitrogens with one attached hydrogen (secondary N) is 3. The molecule has 0 aliphatic heterocycles. The van der Waals surface area contributed by atoms with Crippen molar-refractivity contribution >= 4 is 41.2 Å². The van der Waals surface area contributed by atoms with E-state index in [-0.39, 0.29) is 24.8 Å². The second kappa shape index (κ2) is 12.3. The first-order valence-corrected chi connectivity index (χ1v) is 10.1. The Morgan fingerprint density at radius 2 is 1.74 bits per heavy atom. The summed E-state index contributed by atoms with van der Waals surface area (Å²) in [7, 11) is 0. The number of carbonyl (C=O) groups excluding carboxylic acids is 3. The molecule has 0 fully saturated rings. The predicted molar refractivity (Wildman–Crippen MR) is 120 cm³/mol. The number of para-hydroxylation sites is 1. The second-order valence-corrected chi connectivity index (χ2v) is 7.46. The lowest BCUT2D eigenvalue weighted by molar-refractivity contribution is -0.129. The van der Waals surface area contributed by atoms with Gasteiger partial charge in [0.2, 0.25) is 11.8 Å². The van der Waals surface area contributed by atoms with Crippen molar-refractivity contribution in [1.29, 1.82) is 0 Å². The largest absolute Gasteiger partial charge is 0.484 e. The summed E-state index contributed by atoms with van der Waals surface area (Å²) < 4.78 is 5.45. The summed E-state index contributed by atoms with van der Waals surface area (Å²) in [5.41, 5.74) is 3.53. The third-order valence-corrected chi connectivity index (χ3v) is 4.16. The normalized spacial score (nSPS) is 10.7. The van der Waals surface area contributed by atoms with Gasteiger partial charge in [-0.1, -0.05) is 37.6 Å². The van der Waals surface area contributed by atoms with Crippen LogP contribution in [0.2, 0.25) is 5.02 Å². The molecule has 0 aliphatic carbocycles. The zero-order valence-electron chi connectivity index (χ0n) is 17.4. The lowest BCUT2D eigenvalue weighted by Crippen LogP contribution is -2.32. The molecule has 31 heavy (non-hydrogen) atoms. The summed E-state index contributed by atoms with van der Waals surface area (Å²) in [4.78, 5) is 35.3. The highest BCUT2D eigenvalue weighted by Crippen LogP contribution is 2.20. The van der Waals surface area contributed by atoms with Gasteiger partial charge in [0.15, 0.2) is 6.61 Å². The number of rotatable bonds is 10. The van der Waals surface area contributed by atoms with Crippen LogP contribution in [0, 0.1) is 5.92 Å². The molecule has 2 aromatic rings. The van der Waals surface area contributed by atoms with Gasteiger partial charge in [0.05, 0.1) is 16.9 Å². The molecule has 2 rings (SSSR count). The van der Waals surface area contributed by atoms with Crippen molar-refractivity contribution in [2.24, 2.45) is 11.0 Å². The monoisotopic (exact) mass is 444 g/mol. The van der Waals surface area contributed by atoms with Crippen LogP contribution >= 0.6 is 11.6 Å². The number of hydrogen-bond donors (Lipinski definition) is 3. The van der Waals surface area contributed by atoms with Gasteiger partial charge in [-0.15, -0.1) is 0 Å². The van der Waals surface area contributed by atoms with E-state index in [4.69, 9.17) is 16.3 Å². The van der Waals surface area contributed by atoms with E-state index >= 15 is 0 Å². The zero-order chi connectivity index (χ0) is 22.6. The first kappa shape index (κ1) is 23.9. The lowest BCUT2D eigenvalue weighted by atomic mass is 10.2. The zero-order valence-corrected chi connectivity index (χ0v) is 18.1. The Morgan fingerprint density at radius 3 is 2.42 bits per heavy atom. The van der Waals surface area contributed by atoms with Crippen molar-refractivity contribution in [2.75, 3.05) is 18.5 Å². The summed E-state index contributed by atoms with van der Waals surface area (Å²) in [6.45, 7) is 4.28. The second-order valence-electron chi connectivity index (χ2n) is 7.05. The number of halogens is 1. The van der Waals surface area contributed by atoms with E-state index in [1.165, 1.54) is 6.21 Å². The number of benzene rings is 2. The third kappa shape index (κ3) is 9.31. The smallest absolute Gasteiger partial charge is 0.262 e. The van der Waals surface area contributed by atoms with E-state index in [0.717, 1.165) is 0 Å². The average molecular weight is 445 g/mol. The Morgan fingerprint density at radius 1 is 1.03 bits per heavy atom. The number of hydrazone groups is 1. The topological polar surface area (TPSA) is 109 Å². The van der Waals surface area contributed by atoms with Crippen LogP contribution in [0.5, 0.6) is 5.75 Å². The fraction of sp³-hybridized carbons (Fsp3) is 0.273. The fourth-order valence-electron chi connectivity index (χ4n) is 2.29. The van der Waals surface area contributed by atoms with Crippen LogP contribution < -0.4 is 20.8 Å². The number of anilines is 1. The quantitative estimate of drug-likeness (QED) is 0.297. The molecule has 0 saturated heterocycles. The van der Waals surface area contributed by atoms with Crippen molar-refractivity contribution in [2.45, 2.75) is 20.3 Å². The van der Waals surface area contributed by atoms with Gasteiger partial charge in [0, 0.05) is 6.54 Å². The van der Waals surface area contributed by atoms with Gasteiger partial charge in [-0.25, -0.2) is 5.43 Å². The van der Waals surface area contributed by atoms with E-state index in [0.29, 0.717) is 34.5 Å². The first-order valence-electron chi connectivity index (χ1n) is 9.69. The highest BCUT2D eigenvalue weighted by molar-refractivity contribution is 6.33. The van der Waals surface area contributed by atoms with E-state index in [1.807, 2.05) is 13.8 Å². The molecule has 3 amide bonds. The maximum absolute atomic E-state index is 12.0. The molecular formula is C22H25ClN4O4. The molecule has 8 nitrogen and oxygen atoms in total. The Hall–Kier alpha value is -3.39. The van der Waals surface area contributed by atoms with Gasteiger partial charge in [-0.3, -0.25) is 14.4 Å². The van der Waals surface area contributed by atoms with Crippen molar-refractivity contribution in [3.8, 4) is 5.75 Å². The summed E-state index contributed by atoms with van der Waals surface area (Å²) in [6, 6.07) is 13.7. The minimum atomic E-state index is -0.498. The lowest BCUT2D eigenvalue weighted by Gasteiger charge is -2.08. The van der Waals surface area contributed by atoms with Crippen LogP contribution in [0.4, 0.5) is 5.69 Å². The van der Waals surface area contributed by atoms with Gasteiger partial charge >= 0.3 is 0 Å². The Kier molecular flexibility index (Phi) is 9.51. The summed E-state index contributed by atoms with van der Waals surface area (Å²) in [5, 5.41) is 9.61. The highest BCUT2D eigenvalue weighted by Gasteiger charge is 2.09. The number of amides is 3. The minimum absolute atomic E-state index is 0.173. The highest BCUT2D eigenvalue weighted by atomic mass is 35.5. The van der Waals surface area contributed by atoms with Gasteiger partial charge in [0.25, 0.3) is 5.91 Å². The molecule has 164 valence electrons. The molecule has 0 atom stereocenters. The molecule has 0 saturated carbocycles. The SMILES string of the molecule is CC(C)CNC(=O)CC(=O)N/N=C/c1ccc(OCC(=O)Nc2ccccc2Cl)cc1.